The van der Waals surface area contributed by atoms with Crippen molar-refractivity contribution in [2.24, 2.45) is 0 Å². The van der Waals surface area contributed by atoms with Gasteiger partial charge >= 0.3 is 0 Å². The summed E-state index contributed by atoms with van der Waals surface area (Å²) in [6.07, 6.45) is 7.94. The third-order valence-electron chi connectivity index (χ3n) is 3.36. The van der Waals surface area contributed by atoms with Gasteiger partial charge in [-0.2, -0.15) is 0 Å². The first-order chi connectivity index (χ1) is 9.04. The molecule has 0 aromatic carbocycles. The van der Waals surface area contributed by atoms with E-state index < -0.39 is 0 Å². The second kappa shape index (κ2) is 5.74. The molecule has 2 heteroatoms. The summed E-state index contributed by atoms with van der Waals surface area (Å²) in [6.45, 7) is 21.3. The summed E-state index contributed by atoms with van der Waals surface area (Å²) in [6, 6.07) is 0. The normalized spacial score (nSPS) is 13.4. The predicted octanol–water partition coefficient (Wildman–Crippen LogP) is 5.59. The van der Waals surface area contributed by atoms with Crippen molar-refractivity contribution in [3.63, 3.8) is 0 Å². The fourth-order valence-corrected chi connectivity index (χ4v) is 2.93. The van der Waals surface area contributed by atoms with Crippen LogP contribution in [0.1, 0.15) is 58.4 Å². The summed E-state index contributed by atoms with van der Waals surface area (Å²) >= 11 is 0. The van der Waals surface area contributed by atoms with Gasteiger partial charge in [0.25, 0.3) is 0 Å². The zero-order valence-electron chi connectivity index (χ0n) is 13.7. The maximum atomic E-state index is 3.95. The summed E-state index contributed by atoms with van der Waals surface area (Å²) in [7, 11) is 2.82. The molecule has 0 N–H and O–H groups in total. The molecule has 0 aliphatic carbocycles. The monoisotopic (exact) mass is 289 g/mol. The van der Waals surface area contributed by atoms with Crippen LogP contribution in [-0.4, -0.2) is 4.57 Å². The van der Waals surface area contributed by atoms with Gasteiger partial charge in [-0.15, -0.1) is 9.24 Å². The summed E-state index contributed by atoms with van der Waals surface area (Å²) in [5.74, 6) is 0. The Morgan fingerprint density at radius 3 is 2.00 bits per heavy atom. The van der Waals surface area contributed by atoms with Crippen molar-refractivity contribution in [2.75, 3.05) is 0 Å². The molecule has 110 valence electrons. The van der Waals surface area contributed by atoms with Crippen LogP contribution in [0.5, 0.6) is 0 Å². The molecule has 1 aromatic rings. The number of aromatic nitrogens is 1. The minimum Gasteiger partial charge on any atom is -0.323 e. The van der Waals surface area contributed by atoms with Crippen molar-refractivity contribution < 1.29 is 0 Å². The van der Waals surface area contributed by atoms with Gasteiger partial charge in [0.2, 0.25) is 0 Å². The van der Waals surface area contributed by atoms with Crippen LogP contribution in [0.2, 0.25) is 0 Å². The van der Waals surface area contributed by atoms with Crippen molar-refractivity contribution in [1.82, 2.24) is 4.57 Å². The molecule has 1 nitrogen and oxygen atoms in total. The van der Waals surface area contributed by atoms with Crippen LogP contribution in [0, 0.1) is 0 Å². The molecule has 1 atom stereocenters. The van der Waals surface area contributed by atoms with Crippen molar-refractivity contribution >= 4 is 20.8 Å². The Balaban J connectivity index is 3.81. The smallest absolute Gasteiger partial charge is 0.0561 e. The largest absolute Gasteiger partial charge is 0.323 e. The quantitative estimate of drug-likeness (QED) is 0.505. The second-order valence-electron chi connectivity index (χ2n) is 7.21. The van der Waals surface area contributed by atoms with Crippen molar-refractivity contribution in [3.8, 4) is 0 Å². The fourth-order valence-electron chi connectivity index (χ4n) is 2.50. The highest BCUT2D eigenvalue weighted by molar-refractivity contribution is 7.31. The molecule has 1 aromatic heterocycles. The molecule has 0 bridgehead atoms. The average Bonchev–Trinajstić information content (AvgIpc) is 2.67. The number of rotatable bonds is 3. The number of hydrogen-bond acceptors (Lipinski definition) is 0. The fraction of sp³-hybridized carbons (Fsp3) is 0.444. The van der Waals surface area contributed by atoms with Gasteiger partial charge in [0.1, 0.15) is 0 Å². The molecular formula is C18H28NP. The van der Waals surface area contributed by atoms with Crippen LogP contribution < -0.4 is 0 Å². The zero-order valence-corrected chi connectivity index (χ0v) is 14.9. The Hall–Kier alpha value is -1.07. The third-order valence-corrected chi connectivity index (χ3v) is 3.82. The van der Waals surface area contributed by atoms with E-state index in [1.165, 1.54) is 16.8 Å². The van der Waals surface area contributed by atoms with E-state index in [2.05, 4.69) is 74.7 Å². The van der Waals surface area contributed by atoms with Gasteiger partial charge in [0.15, 0.2) is 0 Å². The molecule has 0 radical (unpaired) electrons. The highest BCUT2D eigenvalue weighted by atomic mass is 31.0. The van der Waals surface area contributed by atoms with Gasteiger partial charge in [-0.1, -0.05) is 66.9 Å². The lowest BCUT2D eigenvalue weighted by Gasteiger charge is -2.28. The highest BCUT2D eigenvalue weighted by Gasteiger charge is 2.31. The van der Waals surface area contributed by atoms with Gasteiger partial charge < -0.3 is 4.57 Å². The van der Waals surface area contributed by atoms with Gasteiger partial charge in [0.05, 0.1) is 5.69 Å². The van der Waals surface area contributed by atoms with Crippen molar-refractivity contribution in [1.29, 1.82) is 0 Å². The topological polar surface area (TPSA) is 4.93 Å². The third kappa shape index (κ3) is 3.33. The molecule has 1 unspecified atom stereocenters. The molecule has 0 saturated heterocycles. The molecule has 0 saturated carbocycles. The summed E-state index contributed by atoms with van der Waals surface area (Å²) in [5, 5.41) is 1.14. The lowest BCUT2D eigenvalue weighted by atomic mass is 9.76. The van der Waals surface area contributed by atoms with E-state index in [0.29, 0.717) is 0 Å². The summed E-state index contributed by atoms with van der Waals surface area (Å²) < 4.78 is 2.13. The molecule has 0 amide bonds. The SMILES string of the molecule is C=C/C=C(/P)c1c(C(C)(C)C)c(C(C)(C)C)cn1C=C. The first-order valence-corrected chi connectivity index (χ1v) is 7.58. The molecule has 0 aliphatic heterocycles. The predicted molar refractivity (Wildman–Crippen MR) is 96.1 cm³/mol. The lowest BCUT2D eigenvalue weighted by Crippen LogP contribution is -2.21. The van der Waals surface area contributed by atoms with E-state index in [1.807, 2.05) is 18.4 Å². The maximum absolute atomic E-state index is 3.95. The molecule has 20 heavy (non-hydrogen) atoms. The summed E-state index contributed by atoms with van der Waals surface area (Å²) in [4.78, 5) is 0. The van der Waals surface area contributed by atoms with Crippen LogP contribution in [0.15, 0.2) is 31.5 Å². The van der Waals surface area contributed by atoms with Gasteiger partial charge in [0, 0.05) is 12.4 Å². The Morgan fingerprint density at radius 2 is 1.65 bits per heavy atom. The molecular weight excluding hydrogens is 261 g/mol. The second-order valence-corrected chi connectivity index (χ2v) is 7.84. The molecule has 0 fully saturated rings. The standard InChI is InChI=1S/C18H28NP/c1-9-11-14(20)16-15(18(6,7)8)13(17(3,4)5)12-19(16)10-2/h9-12H,1-2,20H2,3-8H3/b14-11+. The Kier molecular flexibility index (Phi) is 4.87. The van der Waals surface area contributed by atoms with Crippen LogP contribution in [0.3, 0.4) is 0 Å². The van der Waals surface area contributed by atoms with E-state index in [1.54, 1.807) is 0 Å². The number of nitrogens with zero attached hydrogens (tertiary/aromatic N) is 1. The zero-order chi connectivity index (χ0) is 15.7. The van der Waals surface area contributed by atoms with Crippen LogP contribution in [0.4, 0.5) is 0 Å². The first-order valence-electron chi connectivity index (χ1n) is 7.01. The Bertz CT molecular complexity index is 545. The van der Waals surface area contributed by atoms with E-state index >= 15 is 0 Å². The van der Waals surface area contributed by atoms with Crippen molar-refractivity contribution in [2.45, 2.75) is 52.4 Å². The van der Waals surface area contributed by atoms with Gasteiger partial charge in [-0.25, -0.2) is 0 Å². The van der Waals surface area contributed by atoms with E-state index in [9.17, 15) is 0 Å². The average molecular weight is 289 g/mol. The molecule has 1 heterocycles. The van der Waals surface area contributed by atoms with E-state index in [4.69, 9.17) is 0 Å². The van der Waals surface area contributed by atoms with Gasteiger partial charge in [-0.05, 0) is 27.3 Å². The Morgan fingerprint density at radius 1 is 1.10 bits per heavy atom. The van der Waals surface area contributed by atoms with E-state index in [0.717, 1.165) is 5.31 Å². The lowest BCUT2D eigenvalue weighted by molar-refractivity contribution is 0.533. The molecule has 0 spiro atoms. The molecule has 1 rings (SSSR count). The maximum Gasteiger partial charge on any atom is 0.0561 e. The van der Waals surface area contributed by atoms with Crippen LogP contribution in [0.25, 0.3) is 11.5 Å². The number of hydrogen-bond donors (Lipinski definition) is 0. The first kappa shape index (κ1) is 17.0. The molecule has 0 aliphatic rings. The minimum atomic E-state index is 0.0725. The highest BCUT2D eigenvalue weighted by Crippen LogP contribution is 2.41. The van der Waals surface area contributed by atoms with Crippen molar-refractivity contribution in [3.05, 3.63) is 48.3 Å². The van der Waals surface area contributed by atoms with Crippen LogP contribution >= 0.6 is 9.24 Å². The van der Waals surface area contributed by atoms with Gasteiger partial charge in [-0.3, -0.25) is 0 Å². The van der Waals surface area contributed by atoms with E-state index in [-0.39, 0.29) is 10.8 Å². The van der Waals surface area contributed by atoms with Crippen LogP contribution in [-0.2, 0) is 10.8 Å². The minimum absolute atomic E-state index is 0.0725. The number of allylic oxidation sites excluding steroid dienone is 2. The summed E-state index contributed by atoms with van der Waals surface area (Å²) in [5.41, 5.74) is 4.14. The Labute approximate surface area is 126 Å².